The minimum absolute atomic E-state index is 0.194. The van der Waals surface area contributed by atoms with E-state index in [1.54, 1.807) is 24.5 Å². The summed E-state index contributed by atoms with van der Waals surface area (Å²) in [6, 6.07) is 5.04. The predicted molar refractivity (Wildman–Crippen MR) is 48.4 cm³/mol. The third-order valence-corrected chi connectivity index (χ3v) is 1.91. The standard InChI is InChI=1S/C9H6ClNO/c10-7-3-6-5-11-2-1-8(6)9(12)4-7/h1-5,12H. The molecule has 3 heteroatoms. The molecule has 1 N–H and O–H groups in total. The van der Waals surface area contributed by atoms with Gasteiger partial charge in [0, 0.05) is 28.2 Å². The van der Waals surface area contributed by atoms with Crippen LogP contribution in [-0.2, 0) is 0 Å². The minimum Gasteiger partial charge on any atom is -0.507 e. The first-order valence-corrected chi connectivity index (χ1v) is 3.87. The normalized spacial score (nSPS) is 10.4. The van der Waals surface area contributed by atoms with E-state index in [2.05, 4.69) is 4.98 Å². The van der Waals surface area contributed by atoms with Crippen molar-refractivity contribution >= 4 is 22.4 Å². The zero-order chi connectivity index (χ0) is 8.55. The van der Waals surface area contributed by atoms with Crippen LogP contribution >= 0.6 is 11.6 Å². The van der Waals surface area contributed by atoms with Crippen LogP contribution < -0.4 is 0 Å². The fraction of sp³-hybridized carbons (Fsp3) is 0. The fourth-order valence-electron chi connectivity index (χ4n) is 1.15. The van der Waals surface area contributed by atoms with E-state index in [9.17, 15) is 5.11 Å². The quantitative estimate of drug-likeness (QED) is 0.675. The number of hydrogen-bond donors (Lipinski definition) is 1. The van der Waals surface area contributed by atoms with Gasteiger partial charge in [0.15, 0.2) is 0 Å². The van der Waals surface area contributed by atoms with Crippen molar-refractivity contribution in [2.24, 2.45) is 0 Å². The Bertz CT molecular complexity index is 428. The van der Waals surface area contributed by atoms with Gasteiger partial charge in [-0.25, -0.2) is 0 Å². The molecule has 0 radical (unpaired) electrons. The Hall–Kier alpha value is -1.28. The van der Waals surface area contributed by atoms with Gasteiger partial charge in [-0.2, -0.15) is 0 Å². The fourth-order valence-corrected chi connectivity index (χ4v) is 1.37. The number of nitrogens with zero attached hydrogens (tertiary/aromatic N) is 1. The molecule has 1 heterocycles. The molecule has 1 aromatic carbocycles. The van der Waals surface area contributed by atoms with Gasteiger partial charge in [0.05, 0.1) is 0 Å². The molecule has 0 aliphatic heterocycles. The van der Waals surface area contributed by atoms with Gasteiger partial charge in [0.2, 0.25) is 0 Å². The van der Waals surface area contributed by atoms with Gasteiger partial charge in [-0.1, -0.05) is 11.6 Å². The molecule has 0 saturated carbocycles. The lowest BCUT2D eigenvalue weighted by Crippen LogP contribution is -1.76. The third-order valence-electron chi connectivity index (χ3n) is 1.70. The number of hydrogen-bond acceptors (Lipinski definition) is 2. The highest BCUT2D eigenvalue weighted by Crippen LogP contribution is 2.27. The summed E-state index contributed by atoms with van der Waals surface area (Å²) >= 11 is 5.74. The number of phenols is 1. The number of rotatable bonds is 0. The van der Waals surface area contributed by atoms with E-state index >= 15 is 0 Å². The first-order valence-electron chi connectivity index (χ1n) is 3.49. The minimum atomic E-state index is 0.194. The topological polar surface area (TPSA) is 33.1 Å². The van der Waals surface area contributed by atoms with Crippen LogP contribution in [0, 0.1) is 0 Å². The molecule has 0 spiro atoms. The van der Waals surface area contributed by atoms with Gasteiger partial charge in [-0.05, 0) is 18.2 Å². The van der Waals surface area contributed by atoms with Crippen molar-refractivity contribution < 1.29 is 5.11 Å². The second-order valence-electron chi connectivity index (χ2n) is 2.52. The van der Waals surface area contributed by atoms with Crippen molar-refractivity contribution in [3.05, 3.63) is 35.6 Å². The van der Waals surface area contributed by atoms with E-state index in [-0.39, 0.29) is 5.75 Å². The molecule has 0 aliphatic rings. The highest BCUT2D eigenvalue weighted by Gasteiger charge is 2.00. The van der Waals surface area contributed by atoms with Crippen LogP contribution in [0.2, 0.25) is 5.02 Å². The molecule has 60 valence electrons. The molecule has 0 fully saturated rings. The molecule has 0 saturated heterocycles. The van der Waals surface area contributed by atoms with Crippen LogP contribution in [0.1, 0.15) is 0 Å². The van der Waals surface area contributed by atoms with Gasteiger partial charge in [0.25, 0.3) is 0 Å². The number of pyridine rings is 1. The number of phenolic OH excluding ortho intramolecular Hbond substituents is 1. The smallest absolute Gasteiger partial charge is 0.124 e. The Labute approximate surface area is 74.4 Å². The van der Waals surface area contributed by atoms with E-state index in [0.29, 0.717) is 5.02 Å². The lowest BCUT2D eigenvalue weighted by Gasteiger charge is -1.99. The summed E-state index contributed by atoms with van der Waals surface area (Å²) in [6.45, 7) is 0. The van der Waals surface area contributed by atoms with E-state index in [1.165, 1.54) is 6.07 Å². The average molecular weight is 180 g/mol. The first kappa shape index (κ1) is 7.37. The summed E-state index contributed by atoms with van der Waals surface area (Å²) in [7, 11) is 0. The van der Waals surface area contributed by atoms with Crippen molar-refractivity contribution in [3.63, 3.8) is 0 Å². The van der Waals surface area contributed by atoms with Crippen molar-refractivity contribution in [3.8, 4) is 5.75 Å². The van der Waals surface area contributed by atoms with E-state index in [4.69, 9.17) is 11.6 Å². The summed E-state index contributed by atoms with van der Waals surface area (Å²) in [6.07, 6.45) is 3.30. The molecule has 0 unspecified atom stereocenters. The predicted octanol–water partition coefficient (Wildman–Crippen LogP) is 2.59. The molecule has 1 aromatic heterocycles. The monoisotopic (exact) mass is 179 g/mol. The zero-order valence-corrected chi connectivity index (χ0v) is 6.92. The maximum atomic E-state index is 9.44. The summed E-state index contributed by atoms with van der Waals surface area (Å²) in [5.41, 5.74) is 0. The number of benzene rings is 1. The first-order chi connectivity index (χ1) is 5.77. The summed E-state index contributed by atoms with van der Waals surface area (Å²) in [5, 5.41) is 11.6. The van der Waals surface area contributed by atoms with Crippen LogP contribution in [0.15, 0.2) is 30.6 Å². The van der Waals surface area contributed by atoms with Crippen molar-refractivity contribution in [1.29, 1.82) is 0 Å². The van der Waals surface area contributed by atoms with Crippen LogP contribution in [0.5, 0.6) is 5.75 Å². The molecule has 12 heavy (non-hydrogen) atoms. The Morgan fingerprint density at radius 1 is 1.33 bits per heavy atom. The SMILES string of the molecule is Oc1cc(Cl)cc2cnccc12. The second-order valence-corrected chi connectivity index (χ2v) is 2.96. The Balaban J connectivity index is 2.89. The summed E-state index contributed by atoms with van der Waals surface area (Å²) in [5.74, 6) is 0.194. The van der Waals surface area contributed by atoms with Gasteiger partial charge >= 0.3 is 0 Å². The number of halogens is 1. The molecule has 2 nitrogen and oxygen atoms in total. The molecule has 0 amide bonds. The van der Waals surface area contributed by atoms with E-state index in [0.717, 1.165) is 10.8 Å². The van der Waals surface area contributed by atoms with Gasteiger partial charge in [0.1, 0.15) is 5.75 Å². The summed E-state index contributed by atoms with van der Waals surface area (Å²) < 4.78 is 0. The van der Waals surface area contributed by atoms with Crippen LogP contribution in [0.3, 0.4) is 0 Å². The van der Waals surface area contributed by atoms with Crippen LogP contribution in [-0.4, -0.2) is 10.1 Å². The van der Waals surface area contributed by atoms with E-state index in [1.807, 2.05) is 0 Å². The molecule has 2 aromatic rings. The molecule has 0 bridgehead atoms. The molecule has 0 aliphatic carbocycles. The van der Waals surface area contributed by atoms with Crippen LogP contribution in [0.25, 0.3) is 10.8 Å². The van der Waals surface area contributed by atoms with Gasteiger partial charge in [-0.15, -0.1) is 0 Å². The Morgan fingerprint density at radius 2 is 2.17 bits per heavy atom. The van der Waals surface area contributed by atoms with Crippen molar-refractivity contribution in [2.45, 2.75) is 0 Å². The lowest BCUT2D eigenvalue weighted by atomic mass is 10.1. The van der Waals surface area contributed by atoms with Gasteiger partial charge in [-0.3, -0.25) is 4.98 Å². The van der Waals surface area contributed by atoms with Crippen LogP contribution in [0.4, 0.5) is 0 Å². The maximum absolute atomic E-state index is 9.44. The highest BCUT2D eigenvalue weighted by atomic mass is 35.5. The number of fused-ring (bicyclic) bond motifs is 1. The Morgan fingerprint density at radius 3 is 3.00 bits per heavy atom. The highest BCUT2D eigenvalue weighted by molar-refractivity contribution is 6.31. The largest absolute Gasteiger partial charge is 0.507 e. The average Bonchev–Trinajstić information content (AvgIpc) is 2.04. The molecular formula is C9H6ClNO. The Kier molecular flexibility index (Phi) is 1.62. The second kappa shape index (κ2) is 2.64. The van der Waals surface area contributed by atoms with Crippen molar-refractivity contribution in [2.75, 3.05) is 0 Å². The lowest BCUT2D eigenvalue weighted by molar-refractivity contribution is 0.481. The third kappa shape index (κ3) is 1.10. The number of aromatic hydroxyl groups is 1. The van der Waals surface area contributed by atoms with Crippen molar-refractivity contribution in [1.82, 2.24) is 4.98 Å². The van der Waals surface area contributed by atoms with Gasteiger partial charge < -0.3 is 5.11 Å². The molecule has 2 rings (SSSR count). The maximum Gasteiger partial charge on any atom is 0.124 e. The molecule has 0 atom stereocenters. The molecular weight excluding hydrogens is 174 g/mol. The number of aromatic nitrogens is 1. The van der Waals surface area contributed by atoms with E-state index < -0.39 is 0 Å². The zero-order valence-electron chi connectivity index (χ0n) is 6.16. The summed E-state index contributed by atoms with van der Waals surface area (Å²) in [4.78, 5) is 3.93.